The number of amides is 1. The maximum Gasteiger partial charge on any atom is 0.240 e. The third-order valence-electron chi connectivity index (χ3n) is 4.53. The minimum absolute atomic E-state index is 0.210. The number of benzene rings is 2. The lowest BCUT2D eigenvalue weighted by molar-refractivity contribution is -0.116. The largest absolute Gasteiger partial charge is 0.325 e. The third-order valence-corrected chi connectivity index (χ3v) is 6.15. The summed E-state index contributed by atoms with van der Waals surface area (Å²) in [5.74, 6) is 0.140. The number of halogens is 2. The molecular weight excluding hydrogens is 401 g/mol. The molecule has 0 saturated carbocycles. The van der Waals surface area contributed by atoms with Gasteiger partial charge in [0.2, 0.25) is 11.1 Å². The second-order valence-corrected chi connectivity index (χ2v) is 8.03. The van der Waals surface area contributed by atoms with Crippen molar-refractivity contribution in [3.63, 3.8) is 0 Å². The summed E-state index contributed by atoms with van der Waals surface area (Å²) in [6.45, 7) is 3.72. The van der Waals surface area contributed by atoms with E-state index < -0.39 is 11.3 Å². The number of carbonyl (C=O) groups is 1. The first-order valence-electron chi connectivity index (χ1n) is 8.60. The van der Waals surface area contributed by atoms with Crippen molar-refractivity contribution in [1.82, 2.24) is 14.9 Å². The van der Waals surface area contributed by atoms with Gasteiger partial charge in [0.05, 0.1) is 6.04 Å². The van der Waals surface area contributed by atoms with Crippen LogP contribution < -0.4 is 10.7 Å². The Morgan fingerprint density at radius 1 is 1.21 bits per heavy atom. The van der Waals surface area contributed by atoms with Crippen LogP contribution >= 0.6 is 23.4 Å². The number of nitrogens with one attached hydrogen (secondary N) is 2. The Morgan fingerprint density at radius 3 is 2.68 bits per heavy atom. The fourth-order valence-electron chi connectivity index (χ4n) is 2.96. The standard InChI is InChI=1S/C19H17ClFN5OS/c1-10-3-8-14(9-15(10)20)22-18(27)17-16(12-4-6-13(21)7-5-12)25-26-11(2)23-24-19(26)28-17/h3-9,16-17,25H,1-2H3,(H,22,27)/t16-,17+/m0/s1. The van der Waals surface area contributed by atoms with Gasteiger partial charge in [-0.3, -0.25) is 4.79 Å². The van der Waals surface area contributed by atoms with Crippen molar-refractivity contribution in [2.45, 2.75) is 30.3 Å². The topological polar surface area (TPSA) is 71.8 Å². The van der Waals surface area contributed by atoms with Crippen molar-refractivity contribution < 1.29 is 9.18 Å². The molecule has 2 N–H and O–H groups in total. The quantitative estimate of drug-likeness (QED) is 0.671. The molecule has 0 saturated heterocycles. The molecule has 28 heavy (non-hydrogen) atoms. The first kappa shape index (κ1) is 18.8. The summed E-state index contributed by atoms with van der Waals surface area (Å²) in [5.41, 5.74) is 5.61. The first-order valence-corrected chi connectivity index (χ1v) is 9.86. The highest BCUT2D eigenvalue weighted by atomic mass is 35.5. The highest BCUT2D eigenvalue weighted by Crippen LogP contribution is 2.37. The highest BCUT2D eigenvalue weighted by molar-refractivity contribution is 8.00. The van der Waals surface area contributed by atoms with Gasteiger partial charge in [-0.15, -0.1) is 10.2 Å². The fourth-order valence-corrected chi connectivity index (χ4v) is 4.27. The first-order chi connectivity index (χ1) is 13.4. The van der Waals surface area contributed by atoms with E-state index >= 15 is 0 Å². The Morgan fingerprint density at radius 2 is 1.96 bits per heavy atom. The average Bonchev–Trinajstić information content (AvgIpc) is 3.04. The molecule has 1 amide bonds. The lowest BCUT2D eigenvalue weighted by Gasteiger charge is -2.32. The lowest BCUT2D eigenvalue weighted by Crippen LogP contribution is -2.41. The summed E-state index contributed by atoms with van der Waals surface area (Å²) in [7, 11) is 0. The van der Waals surface area contributed by atoms with E-state index in [1.54, 1.807) is 28.9 Å². The number of hydrogen-bond donors (Lipinski definition) is 2. The van der Waals surface area contributed by atoms with Crippen molar-refractivity contribution in [2.75, 3.05) is 10.7 Å². The molecule has 3 aromatic rings. The average molecular weight is 418 g/mol. The number of anilines is 1. The summed E-state index contributed by atoms with van der Waals surface area (Å²) < 4.78 is 15.1. The third kappa shape index (κ3) is 3.57. The van der Waals surface area contributed by atoms with Crippen LogP contribution in [0.2, 0.25) is 5.02 Å². The van der Waals surface area contributed by atoms with Crippen LogP contribution in [0.1, 0.15) is 23.0 Å². The Hall–Kier alpha value is -2.58. The molecule has 4 rings (SSSR count). The molecule has 0 bridgehead atoms. The maximum atomic E-state index is 13.4. The monoisotopic (exact) mass is 417 g/mol. The molecule has 144 valence electrons. The highest BCUT2D eigenvalue weighted by Gasteiger charge is 2.37. The van der Waals surface area contributed by atoms with Gasteiger partial charge in [0.25, 0.3) is 0 Å². The molecule has 9 heteroatoms. The zero-order valence-electron chi connectivity index (χ0n) is 15.1. The van der Waals surface area contributed by atoms with Crippen LogP contribution in [-0.4, -0.2) is 26.0 Å². The molecule has 2 atom stereocenters. The number of nitrogens with zero attached hydrogens (tertiary/aromatic N) is 3. The predicted octanol–water partition coefficient (Wildman–Crippen LogP) is 4.09. The van der Waals surface area contributed by atoms with Crippen molar-refractivity contribution in [2.24, 2.45) is 0 Å². The van der Waals surface area contributed by atoms with Crippen LogP contribution in [0.3, 0.4) is 0 Å². The van der Waals surface area contributed by atoms with E-state index in [0.717, 1.165) is 11.1 Å². The smallest absolute Gasteiger partial charge is 0.240 e. The second kappa shape index (κ2) is 7.44. The van der Waals surface area contributed by atoms with Crippen molar-refractivity contribution in [3.8, 4) is 0 Å². The molecule has 6 nitrogen and oxygen atoms in total. The van der Waals surface area contributed by atoms with E-state index in [9.17, 15) is 9.18 Å². The summed E-state index contributed by atoms with van der Waals surface area (Å²) in [6, 6.07) is 11.1. The number of thioether (sulfide) groups is 1. The molecule has 0 unspecified atom stereocenters. The summed E-state index contributed by atoms with van der Waals surface area (Å²) >= 11 is 7.47. The van der Waals surface area contributed by atoms with Crippen LogP contribution in [0.15, 0.2) is 47.6 Å². The molecule has 0 fully saturated rings. The molecule has 1 aromatic heterocycles. The minimum atomic E-state index is -0.540. The van der Waals surface area contributed by atoms with Gasteiger partial charge in [0.15, 0.2) is 0 Å². The van der Waals surface area contributed by atoms with Gasteiger partial charge in [0, 0.05) is 10.7 Å². The van der Waals surface area contributed by atoms with E-state index in [1.807, 2.05) is 19.9 Å². The number of hydrogen-bond acceptors (Lipinski definition) is 5. The molecular formula is C19H17ClFN5OS. The van der Waals surface area contributed by atoms with Crippen LogP contribution in [-0.2, 0) is 4.79 Å². The maximum absolute atomic E-state index is 13.4. The summed E-state index contributed by atoms with van der Waals surface area (Å²) in [4.78, 5) is 13.1. The van der Waals surface area contributed by atoms with Gasteiger partial charge in [-0.2, -0.15) is 0 Å². The molecule has 0 radical (unpaired) electrons. The van der Waals surface area contributed by atoms with Crippen LogP contribution in [0, 0.1) is 19.7 Å². The van der Waals surface area contributed by atoms with Crippen LogP contribution in [0.25, 0.3) is 0 Å². The van der Waals surface area contributed by atoms with E-state index in [4.69, 9.17) is 11.6 Å². The van der Waals surface area contributed by atoms with Crippen LogP contribution in [0.4, 0.5) is 10.1 Å². The summed E-state index contributed by atoms with van der Waals surface area (Å²) in [6.07, 6.45) is 0. The molecule has 1 aliphatic rings. The Bertz CT molecular complexity index is 1040. The van der Waals surface area contributed by atoms with Gasteiger partial charge >= 0.3 is 0 Å². The number of aryl methyl sites for hydroxylation is 2. The SMILES string of the molecule is Cc1ccc(NC(=O)[C@@H]2Sc3nnc(C)n3N[C@H]2c2ccc(F)cc2)cc1Cl. The van der Waals surface area contributed by atoms with Gasteiger partial charge < -0.3 is 10.7 Å². The Kier molecular flexibility index (Phi) is 4.99. The number of carbonyl (C=O) groups excluding carboxylic acids is 1. The van der Waals surface area contributed by atoms with Gasteiger partial charge in [-0.05, 0) is 49.2 Å². The molecule has 0 spiro atoms. The van der Waals surface area contributed by atoms with Crippen molar-refractivity contribution >= 4 is 35.0 Å². The lowest BCUT2D eigenvalue weighted by atomic mass is 10.0. The number of aromatic nitrogens is 3. The Labute approximate surface area is 170 Å². The fraction of sp³-hybridized carbons (Fsp3) is 0.211. The number of rotatable bonds is 3. The van der Waals surface area contributed by atoms with E-state index in [-0.39, 0.29) is 11.7 Å². The van der Waals surface area contributed by atoms with Gasteiger partial charge in [0.1, 0.15) is 16.9 Å². The molecule has 0 aliphatic carbocycles. The molecule has 1 aliphatic heterocycles. The van der Waals surface area contributed by atoms with Crippen molar-refractivity contribution in [1.29, 1.82) is 0 Å². The van der Waals surface area contributed by atoms with Crippen molar-refractivity contribution in [3.05, 3.63) is 70.3 Å². The van der Waals surface area contributed by atoms with Crippen LogP contribution in [0.5, 0.6) is 0 Å². The normalized spacial score (nSPS) is 18.3. The zero-order valence-corrected chi connectivity index (χ0v) is 16.7. The van der Waals surface area contributed by atoms with Gasteiger partial charge in [-0.1, -0.05) is 41.6 Å². The predicted molar refractivity (Wildman–Crippen MR) is 108 cm³/mol. The number of fused-ring (bicyclic) bond motifs is 1. The van der Waals surface area contributed by atoms with E-state index in [1.165, 1.54) is 23.9 Å². The summed E-state index contributed by atoms with van der Waals surface area (Å²) in [5, 5.41) is 11.7. The van der Waals surface area contributed by atoms with E-state index in [0.29, 0.717) is 21.7 Å². The minimum Gasteiger partial charge on any atom is -0.325 e. The van der Waals surface area contributed by atoms with Gasteiger partial charge in [-0.25, -0.2) is 9.07 Å². The van der Waals surface area contributed by atoms with E-state index in [2.05, 4.69) is 20.9 Å². The molecule has 2 heterocycles. The molecule has 2 aromatic carbocycles. The second-order valence-electron chi connectivity index (χ2n) is 6.52. The zero-order chi connectivity index (χ0) is 19.8. The Balaban J connectivity index is 1.65.